The highest BCUT2D eigenvalue weighted by molar-refractivity contribution is 5.96. The van der Waals surface area contributed by atoms with Crippen LogP contribution in [0, 0.1) is 0 Å². The lowest BCUT2D eigenvalue weighted by molar-refractivity contribution is -0.118. The molecule has 5 nitrogen and oxygen atoms in total. The first-order valence-corrected chi connectivity index (χ1v) is 5.33. The van der Waals surface area contributed by atoms with E-state index in [9.17, 15) is 4.79 Å². The van der Waals surface area contributed by atoms with E-state index in [1.807, 2.05) is 30.5 Å². The topological polar surface area (TPSA) is 80.1 Å². The minimum atomic E-state index is -0.651. The highest BCUT2D eigenvalue weighted by atomic mass is 16.5. The predicted molar refractivity (Wildman–Crippen MR) is 66.8 cm³/mol. The number of carbonyl (C=O) groups is 1. The Bertz CT molecular complexity index is 521. The molecule has 0 bridgehead atoms. The largest absolute Gasteiger partial charge is 0.383 e. The highest BCUT2D eigenvalue weighted by Gasteiger charge is 2.13. The molecule has 0 radical (unpaired) electrons. The van der Waals surface area contributed by atoms with E-state index >= 15 is 0 Å². The molecule has 1 aromatic heterocycles. The number of H-pyrrole nitrogens is 1. The monoisotopic (exact) mass is 233 g/mol. The van der Waals surface area contributed by atoms with Crippen LogP contribution in [0.5, 0.6) is 0 Å². The second-order valence-corrected chi connectivity index (χ2v) is 3.83. The summed E-state index contributed by atoms with van der Waals surface area (Å²) in [6.45, 7) is 0.207. The van der Waals surface area contributed by atoms with Gasteiger partial charge in [-0.25, -0.2) is 0 Å². The number of hydrogen-bond acceptors (Lipinski definition) is 3. The van der Waals surface area contributed by atoms with Gasteiger partial charge in [-0.1, -0.05) is 0 Å². The van der Waals surface area contributed by atoms with Crippen LogP contribution in [0.1, 0.15) is 0 Å². The van der Waals surface area contributed by atoms with Crippen molar-refractivity contribution in [3.05, 3.63) is 30.5 Å². The molecule has 0 aliphatic rings. The van der Waals surface area contributed by atoms with Crippen molar-refractivity contribution in [1.29, 1.82) is 0 Å². The zero-order chi connectivity index (χ0) is 12.3. The number of rotatable bonds is 4. The van der Waals surface area contributed by atoms with Crippen molar-refractivity contribution in [1.82, 2.24) is 4.98 Å². The quantitative estimate of drug-likeness (QED) is 0.739. The number of anilines is 1. The number of methoxy groups -OCH3 is 1. The maximum Gasteiger partial charge on any atom is 0.243 e. The lowest BCUT2D eigenvalue weighted by Gasteiger charge is -2.11. The van der Waals surface area contributed by atoms with Crippen LogP contribution < -0.4 is 11.1 Å². The standard InChI is InChI=1S/C12H15N3O2/c1-17-7-10(13)12(16)15-9-2-3-11-8(6-9)4-5-14-11/h2-6,10,14H,7,13H2,1H3,(H,15,16). The Kier molecular flexibility index (Phi) is 3.41. The third kappa shape index (κ3) is 2.64. The zero-order valence-electron chi connectivity index (χ0n) is 9.57. The first kappa shape index (κ1) is 11.6. The van der Waals surface area contributed by atoms with Gasteiger partial charge in [0.2, 0.25) is 5.91 Å². The first-order chi connectivity index (χ1) is 8.20. The molecular formula is C12H15N3O2. The number of benzene rings is 1. The molecular weight excluding hydrogens is 218 g/mol. The van der Waals surface area contributed by atoms with Gasteiger partial charge in [-0.2, -0.15) is 0 Å². The summed E-state index contributed by atoms with van der Waals surface area (Å²) in [5.74, 6) is -0.248. The van der Waals surface area contributed by atoms with Gasteiger partial charge in [0, 0.05) is 29.9 Å². The van der Waals surface area contributed by atoms with Gasteiger partial charge in [-0.3, -0.25) is 4.79 Å². The maximum atomic E-state index is 11.7. The number of nitrogens with two attached hydrogens (primary N) is 1. The van der Waals surface area contributed by atoms with Crippen molar-refractivity contribution < 1.29 is 9.53 Å². The van der Waals surface area contributed by atoms with E-state index in [-0.39, 0.29) is 12.5 Å². The summed E-state index contributed by atoms with van der Waals surface area (Å²) in [6.07, 6.45) is 1.85. The van der Waals surface area contributed by atoms with Crippen LogP contribution in [0.3, 0.4) is 0 Å². The van der Waals surface area contributed by atoms with E-state index in [0.29, 0.717) is 0 Å². The maximum absolute atomic E-state index is 11.7. The first-order valence-electron chi connectivity index (χ1n) is 5.33. The fourth-order valence-corrected chi connectivity index (χ4v) is 1.62. The predicted octanol–water partition coefficient (Wildman–Crippen LogP) is 1.08. The van der Waals surface area contributed by atoms with Crippen molar-refractivity contribution >= 4 is 22.5 Å². The minimum Gasteiger partial charge on any atom is -0.383 e. The fourth-order valence-electron chi connectivity index (χ4n) is 1.62. The summed E-state index contributed by atoms with van der Waals surface area (Å²) in [6, 6.07) is 6.92. The van der Waals surface area contributed by atoms with Gasteiger partial charge in [0.25, 0.3) is 0 Å². The number of carbonyl (C=O) groups excluding carboxylic acids is 1. The van der Waals surface area contributed by atoms with E-state index in [1.54, 1.807) is 0 Å². The number of hydrogen-bond donors (Lipinski definition) is 3. The van der Waals surface area contributed by atoms with Crippen molar-refractivity contribution in [3.8, 4) is 0 Å². The Balaban J connectivity index is 2.09. The smallest absolute Gasteiger partial charge is 0.243 e. The summed E-state index contributed by atoms with van der Waals surface area (Å²) < 4.78 is 4.83. The van der Waals surface area contributed by atoms with Crippen LogP contribution in [-0.4, -0.2) is 30.6 Å². The Hall–Kier alpha value is -1.85. The molecule has 1 aromatic carbocycles. The molecule has 90 valence electrons. The van der Waals surface area contributed by atoms with Gasteiger partial charge < -0.3 is 20.8 Å². The van der Waals surface area contributed by atoms with Crippen molar-refractivity contribution in [3.63, 3.8) is 0 Å². The number of nitrogens with one attached hydrogen (secondary N) is 2. The van der Waals surface area contributed by atoms with E-state index in [1.165, 1.54) is 7.11 Å². The van der Waals surface area contributed by atoms with Crippen LogP contribution in [0.2, 0.25) is 0 Å². The van der Waals surface area contributed by atoms with Crippen LogP contribution in [0.4, 0.5) is 5.69 Å². The Morgan fingerprint density at radius 2 is 2.35 bits per heavy atom. The van der Waals surface area contributed by atoms with Gasteiger partial charge in [-0.15, -0.1) is 0 Å². The molecule has 1 atom stereocenters. The normalized spacial score (nSPS) is 12.6. The van der Waals surface area contributed by atoms with Gasteiger partial charge in [0.15, 0.2) is 0 Å². The second kappa shape index (κ2) is 4.99. The summed E-state index contributed by atoms with van der Waals surface area (Å²) in [4.78, 5) is 14.7. The number of aromatic amines is 1. The molecule has 2 aromatic rings. The molecule has 1 heterocycles. The molecule has 0 spiro atoms. The molecule has 0 saturated carbocycles. The average Bonchev–Trinajstić information content (AvgIpc) is 2.76. The molecule has 17 heavy (non-hydrogen) atoms. The third-order valence-electron chi connectivity index (χ3n) is 2.50. The van der Waals surface area contributed by atoms with E-state index in [0.717, 1.165) is 16.6 Å². The van der Waals surface area contributed by atoms with Gasteiger partial charge >= 0.3 is 0 Å². The summed E-state index contributed by atoms with van der Waals surface area (Å²) >= 11 is 0. The molecule has 0 aliphatic carbocycles. The van der Waals surface area contributed by atoms with Gasteiger partial charge in [-0.05, 0) is 24.3 Å². The molecule has 1 amide bonds. The summed E-state index contributed by atoms with van der Waals surface area (Å²) in [5, 5.41) is 3.80. The molecule has 5 heteroatoms. The van der Waals surface area contributed by atoms with Crippen LogP contribution in [-0.2, 0) is 9.53 Å². The van der Waals surface area contributed by atoms with E-state index in [4.69, 9.17) is 10.5 Å². The molecule has 4 N–H and O–H groups in total. The fraction of sp³-hybridized carbons (Fsp3) is 0.250. The number of aromatic nitrogens is 1. The number of ether oxygens (including phenoxy) is 1. The van der Waals surface area contributed by atoms with Crippen molar-refractivity contribution in [2.75, 3.05) is 19.0 Å². The Morgan fingerprint density at radius 1 is 1.53 bits per heavy atom. The Labute approximate surface area is 98.9 Å². The van der Waals surface area contributed by atoms with Crippen molar-refractivity contribution in [2.45, 2.75) is 6.04 Å². The highest BCUT2D eigenvalue weighted by Crippen LogP contribution is 2.17. The van der Waals surface area contributed by atoms with Crippen molar-refractivity contribution in [2.24, 2.45) is 5.73 Å². The van der Waals surface area contributed by atoms with E-state index < -0.39 is 6.04 Å². The summed E-state index contributed by atoms with van der Waals surface area (Å²) in [5.41, 5.74) is 7.39. The van der Waals surface area contributed by atoms with Gasteiger partial charge in [0.1, 0.15) is 6.04 Å². The third-order valence-corrected chi connectivity index (χ3v) is 2.50. The average molecular weight is 233 g/mol. The zero-order valence-corrected chi connectivity index (χ0v) is 9.57. The molecule has 0 saturated heterocycles. The van der Waals surface area contributed by atoms with Crippen LogP contribution in [0.25, 0.3) is 10.9 Å². The molecule has 0 aliphatic heterocycles. The van der Waals surface area contributed by atoms with Crippen LogP contribution >= 0.6 is 0 Å². The number of fused-ring (bicyclic) bond motifs is 1. The van der Waals surface area contributed by atoms with Crippen LogP contribution in [0.15, 0.2) is 30.5 Å². The van der Waals surface area contributed by atoms with Gasteiger partial charge in [0.05, 0.1) is 6.61 Å². The SMILES string of the molecule is COCC(N)C(=O)Nc1ccc2[nH]ccc2c1. The molecule has 1 unspecified atom stereocenters. The lowest BCUT2D eigenvalue weighted by Crippen LogP contribution is -2.39. The minimum absolute atomic E-state index is 0.207. The molecule has 2 rings (SSSR count). The number of amides is 1. The lowest BCUT2D eigenvalue weighted by atomic mass is 10.2. The summed E-state index contributed by atoms with van der Waals surface area (Å²) in [7, 11) is 1.51. The second-order valence-electron chi connectivity index (χ2n) is 3.83. The van der Waals surface area contributed by atoms with E-state index in [2.05, 4.69) is 10.3 Å². The molecule has 0 fully saturated rings. The Morgan fingerprint density at radius 3 is 3.12 bits per heavy atom.